The number of alkyl carbamates (subject to hydrolysis) is 1. The molecular formula is C28H36N2O9. The maximum Gasteiger partial charge on any atom is 0.407 e. The van der Waals surface area contributed by atoms with Gasteiger partial charge in [-0.25, -0.2) is 4.79 Å². The van der Waals surface area contributed by atoms with E-state index >= 15 is 0 Å². The van der Waals surface area contributed by atoms with Crippen LogP contribution in [-0.4, -0.2) is 93.6 Å². The van der Waals surface area contributed by atoms with Crippen molar-refractivity contribution in [2.45, 2.75) is 24.8 Å². The maximum atomic E-state index is 12.7. The number of benzene rings is 2. The maximum absolute atomic E-state index is 12.7. The molecule has 0 saturated carbocycles. The van der Waals surface area contributed by atoms with E-state index in [2.05, 4.69) is 10.6 Å². The summed E-state index contributed by atoms with van der Waals surface area (Å²) in [5.41, 5.74) is 4.32. The highest BCUT2D eigenvalue weighted by atomic mass is 16.6. The number of hydrogen-bond donors (Lipinski definition) is 4. The van der Waals surface area contributed by atoms with Gasteiger partial charge in [0.05, 0.1) is 46.2 Å². The molecule has 1 aliphatic carbocycles. The van der Waals surface area contributed by atoms with E-state index in [1.807, 2.05) is 48.5 Å². The molecule has 1 aliphatic rings. The van der Waals surface area contributed by atoms with Crippen molar-refractivity contribution in [1.82, 2.24) is 10.6 Å². The molecule has 212 valence electrons. The van der Waals surface area contributed by atoms with Crippen molar-refractivity contribution >= 4 is 18.0 Å². The molecule has 0 aromatic heterocycles. The zero-order valence-electron chi connectivity index (χ0n) is 21.8. The summed E-state index contributed by atoms with van der Waals surface area (Å²) in [7, 11) is 0. The van der Waals surface area contributed by atoms with Gasteiger partial charge in [-0.2, -0.15) is 0 Å². The summed E-state index contributed by atoms with van der Waals surface area (Å²) in [6.45, 7) is 2.13. The molecule has 11 heteroatoms. The molecule has 39 heavy (non-hydrogen) atoms. The van der Waals surface area contributed by atoms with Crippen LogP contribution in [0.25, 0.3) is 11.1 Å². The topological polar surface area (TPSA) is 153 Å². The number of ether oxygens (including phenoxy) is 4. The number of aliphatic carboxylic acids is 1. The second-order valence-corrected chi connectivity index (χ2v) is 8.81. The van der Waals surface area contributed by atoms with Crippen LogP contribution in [-0.2, 0) is 28.5 Å². The minimum Gasteiger partial charge on any atom is -0.481 e. The van der Waals surface area contributed by atoms with Crippen LogP contribution in [0.2, 0.25) is 0 Å². The summed E-state index contributed by atoms with van der Waals surface area (Å²) in [6, 6.07) is 14.8. The fourth-order valence-electron chi connectivity index (χ4n) is 4.29. The van der Waals surface area contributed by atoms with Gasteiger partial charge in [-0.1, -0.05) is 48.5 Å². The van der Waals surface area contributed by atoms with E-state index in [9.17, 15) is 14.4 Å². The van der Waals surface area contributed by atoms with Crippen LogP contribution < -0.4 is 10.6 Å². The molecule has 1 atom stereocenters. The first-order chi connectivity index (χ1) is 19.0. The quantitative estimate of drug-likeness (QED) is 0.206. The first-order valence-corrected chi connectivity index (χ1v) is 13.0. The van der Waals surface area contributed by atoms with Crippen molar-refractivity contribution in [1.29, 1.82) is 0 Å². The number of carboxylic acid groups (broad SMARTS) is 1. The summed E-state index contributed by atoms with van der Waals surface area (Å²) in [4.78, 5) is 36.4. The van der Waals surface area contributed by atoms with E-state index in [0.29, 0.717) is 26.4 Å². The average molecular weight is 545 g/mol. The molecule has 2 amide bonds. The molecular weight excluding hydrogens is 508 g/mol. The molecule has 0 bridgehead atoms. The Hall–Kier alpha value is -3.51. The van der Waals surface area contributed by atoms with Crippen molar-refractivity contribution in [3.8, 4) is 11.1 Å². The van der Waals surface area contributed by atoms with Crippen molar-refractivity contribution in [2.75, 3.05) is 59.4 Å². The summed E-state index contributed by atoms with van der Waals surface area (Å²) in [5.74, 6) is -1.73. The van der Waals surface area contributed by atoms with Crippen LogP contribution >= 0.6 is 0 Å². The lowest BCUT2D eigenvalue weighted by Crippen LogP contribution is -2.48. The lowest BCUT2D eigenvalue weighted by Gasteiger charge is -2.19. The van der Waals surface area contributed by atoms with Crippen LogP contribution in [0.15, 0.2) is 48.5 Å². The Morgan fingerprint density at radius 3 is 1.97 bits per heavy atom. The average Bonchev–Trinajstić information content (AvgIpc) is 3.26. The Balaban J connectivity index is 1.42. The summed E-state index contributed by atoms with van der Waals surface area (Å²) in [5, 5.41) is 22.8. The molecule has 0 spiro atoms. The highest BCUT2D eigenvalue weighted by Gasteiger charge is 2.30. The first kappa shape index (κ1) is 30.0. The number of nitrogens with one attached hydrogen (secondary N) is 2. The van der Waals surface area contributed by atoms with E-state index in [1.54, 1.807) is 0 Å². The van der Waals surface area contributed by atoms with Gasteiger partial charge in [0.2, 0.25) is 5.91 Å². The SMILES string of the molecule is O=C(O)CCC(NC(=O)OCC1c2ccccc2-c2ccccc21)C(=O)NCCOCCOCCOCCO. The third-order valence-corrected chi connectivity index (χ3v) is 6.12. The van der Waals surface area contributed by atoms with Gasteiger partial charge in [-0.05, 0) is 28.7 Å². The highest BCUT2D eigenvalue weighted by molar-refractivity contribution is 5.86. The number of carbonyl (C=O) groups excluding carboxylic acids is 2. The van der Waals surface area contributed by atoms with E-state index in [4.69, 9.17) is 29.2 Å². The van der Waals surface area contributed by atoms with Gasteiger partial charge < -0.3 is 39.8 Å². The highest BCUT2D eigenvalue weighted by Crippen LogP contribution is 2.44. The number of carboxylic acids is 1. The van der Waals surface area contributed by atoms with Gasteiger partial charge in [-0.3, -0.25) is 9.59 Å². The van der Waals surface area contributed by atoms with E-state index < -0.39 is 24.0 Å². The third kappa shape index (κ3) is 9.63. The predicted octanol–water partition coefficient (Wildman–Crippen LogP) is 1.92. The second-order valence-electron chi connectivity index (χ2n) is 8.81. The molecule has 3 rings (SSSR count). The summed E-state index contributed by atoms with van der Waals surface area (Å²) < 4.78 is 21.3. The number of carbonyl (C=O) groups is 3. The van der Waals surface area contributed by atoms with Crippen molar-refractivity contribution in [3.63, 3.8) is 0 Å². The fraction of sp³-hybridized carbons (Fsp3) is 0.464. The Morgan fingerprint density at radius 1 is 0.821 bits per heavy atom. The van der Waals surface area contributed by atoms with Crippen LogP contribution in [0.3, 0.4) is 0 Å². The van der Waals surface area contributed by atoms with E-state index in [-0.39, 0.29) is 51.7 Å². The Bertz CT molecular complexity index is 1030. The smallest absolute Gasteiger partial charge is 0.407 e. The van der Waals surface area contributed by atoms with Crippen molar-refractivity contribution in [2.24, 2.45) is 0 Å². The van der Waals surface area contributed by atoms with Crippen LogP contribution in [0.1, 0.15) is 29.9 Å². The number of rotatable bonds is 18. The number of amides is 2. The molecule has 0 radical (unpaired) electrons. The van der Waals surface area contributed by atoms with Crippen molar-refractivity contribution in [3.05, 3.63) is 59.7 Å². The summed E-state index contributed by atoms with van der Waals surface area (Å²) in [6.07, 6.45) is -1.17. The first-order valence-electron chi connectivity index (χ1n) is 13.0. The minimum atomic E-state index is -1.08. The molecule has 0 heterocycles. The Kier molecular flexibility index (Phi) is 12.7. The monoisotopic (exact) mass is 544 g/mol. The van der Waals surface area contributed by atoms with Gasteiger partial charge in [-0.15, -0.1) is 0 Å². The Labute approximate surface area is 227 Å². The zero-order chi connectivity index (χ0) is 27.9. The third-order valence-electron chi connectivity index (χ3n) is 6.12. The van der Waals surface area contributed by atoms with Gasteiger partial charge in [0.1, 0.15) is 12.6 Å². The van der Waals surface area contributed by atoms with Gasteiger partial charge >= 0.3 is 12.1 Å². The lowest BCUT2D eigenvalue weighted by molar-refractivity contribution is -0.137. The minimum absolute atomic E-state index is 0.0345. The van der Waals surface area contributed by atoms with Crippen LogP contribution in [0.5, 0.6) is 0 Å². The summed E-state index contributed by atoms with van der Waals surface area (Å²) >= 11 is 0. The van der Waals surface area contributed by atoms with Crippen LogP contribution in [0.4, 0.5) is 4.79 Å². The second kappa shape index (κ2) is 16.5. The molecule has 11 nitrogen and oxygen atoms in total. The van der Waals surface area contributed by atoms with Crippen molar-refractivity contribution < 1.29 is 43.5 Å². The van der Waals surface area contributed by atoms with Gasteiger partial charge in [0.15, 0.2) is 0 Å². The molecule has 4 N–H and O–H groups in total. The molecule has 1 unspecified atom stereocenters. The Morgan fingerprint density at radius 2 is 1.38 bits per heavy atom. The normalized spacial score (nSPS) is 12.8. The lowest BCUT2D eigenvalue weighted by atomic mass is 9.98. The van der Waals surface area contributed by atoms with Crippen LogP contribution in [0, 0.1) is 0 Å². The molecule has 2 aromatic carbocycles. The van der Waals surface area contributed by atoms with Gasteiger partial charge in [0, 0.05) is 18.9 Å². The zero-order valence-corrected chi connectivity index (χ0v) is 21.8. The predicted molar refractivity (Wildman–Crippen MR) is 141 cm³/mol. The largest absolute Gasteiger partial charge is 0.481 e. The molecule has 0 aliphatic heterocycles. The molecule has 2 aromatic rings. The fourth-order valence-corrected chi connectivity index (χ4v) is 4.29. The van der Waals surface area contributed by atoms with Gasteiger partial charge in [0.25, 0.3) is 0 Å². The standard InChI is InChI=1S/C28H36N2O9/c31-12-14-37-16-18-38-17-15-36-13-11-29-27(34)25(9-10-26(32)33)30-28(35)39-19-24-22-7-3-1-5-20(22)21-6-2-4-8-23(21)24/h1-8,24-25,31H,9-19H2,(H,29,34)(H,30,35)(H,32,33). The number of hydrogen-bond acceptors (Lipinski definition) is 8. The number of aliphatic hydroxyl groups is 1. The van der Waals surface area contributed by atoms with E-state index in [1.165, 1.54) is 0 Å². The molecule has 0 fully saturated rings. The number of fused-ring (bicyclic) bond motifs is 3. The molecule has 0 saturated heterocycles. The number of aliphatic hydroxyl groups excluding tert-OH is 1. The van der Waals surface area contributed by atoms with E-state index in [0.717, 1.165) is 22.3 Å².